The van der Waals surface area contributed by atoms with E-state index in [9.17, 15) is 14.4 Å². The van der Waals surface area contributed by atoms with Gasteiger partial charge in [0.15, 0.2) is 6.61 Å². The van der Waals surface area contributed by atoms with Gasteiger partial charge in [-0.25, -0.2) is 4.79 Å². The molecule has 0 aromatic carbocycles. The number of nitrogens with one attached hydrogen (secondary N) is 1. The molecular formula is C16H16N2O5. The molecule has 0 atom stereocenters. The van der Waals surface area contributed by atoms with Crippen molar-refractivity contribution in [2.24, 2.45) is 0 Å². The van der Waals surface area contributed by atoms with Gasteiger partial charge in [0.25, 0.3) is 5.91 Å². The molecule has 3 rings (SSSR count). The number of amides is 1. The van der Waals surface area contributed by atoms with Crippen molar-refractivity contribution in [3.05, 3.63) is 47.7 Å². The minimum Gasteiger partial charge on any atom is -0.472 e. The van der Waals surface area contributed by atoms with Crippen LogP contribution >= 0.6 is 0 Å². The number of carbonyl (C=O) groups excluding carboxylic acids is 3. The van der Waals surface area contributed by atoms with Crippen molar-refractivity contribution in [2.75, 3.05) is 19.7 Å². The summed E-state index contributed by atoms with van der Waals surface area (Å²) in [5.41, 5.74) is 0.931. The number of ketones is 1. The van der Waals surface area contributed by atoms with Gasteiger partial charge in [-0.1, -0.05) is 0 Å². The Morgan fingerprint density at radius 3 is 2.70 bits per heavy atom. The molecule has 120 valence electrons. The zero-order chi connectivity index (χ0) is 16.2. The Morgan fingerprint density at radius 2 is 2.00 bits per heavy atom. The zero-order valence-corrected chi connectivity index (χ0v) is 12.4. The Labute approximate surface area is 132 Å². The monoisotopic (exact) mass is 316 g/mol. The van der Waals surface area contributed by atoms with Crippen LogP contribution in [0.25, 0.3) is 0 Å². The number of likely N-dealkylation sites (tertiary alicyclic amines) is 1. The summed E-state index contributed by atoms with van der Waals surface area (Å²) in [5, 5.41) is 0. The Morgan fingerprint density at radius 1 is 1.22 bits per heavy atom. The van der Waals surface area contributed by atoms with Gasteiger partial charge in [-0.3, -0.25) is 9.59 Å². The van der Waals surface area contributed by atoms with Crippen LogP contribution in [0.2, 0.25) is 0 Å². The summed E-state index contributed by atoms with van der Waals surface area (Å²) < 4.78 is 9.69. The standard InChI is InChI=1S/C16H16N2O5/c19-14(10-23-16(21)11-3-6-22-9-11)12-7-13(17-8-12)15(20)18-4-1-2-5-18/h3,6-9,17H,1-2,4-5,10H2. The van der Waals surface area contributed by atoms with Gasteiger partial charge in [0, 0.05) is 24.8 Å². The number of rotatable bonds is 5. The molecular weight excluding hydrogens is 300 g/mol. The molecule has 0 saturated carbocycles. The van der Waals surface area contributed by atoms with E-state index in [0.29, 0.717) is 11.3 Å². The molecule has 23 heavy (non-hydrogen) atoms. The van der Waals surface area contributed by atoms with Crippen LogP contribution in [0, 0.1) is 0 Å². The maximum Gasteiger partial charge on any atom is 0.341 e. The summed E-state index contributed by atoms with van der Waals surface area (Å²) in [4.78, 5) is 40.4. The fourth-order valence-electron chi connectivity index (χ4n) is 2.45. The molecule has 0 aliphatic carbocycles. The summed E-state index contributed by atoms with van der Waals surface area (Å²) >= 11 is 0. The fraction of sp³-hybridized carbons (Fsp3) is 0.312. The van der Waals surface area contributed by atoms with Crippen molar-refractivity contribution in [1.82, 2.24) is 9.88 Å². The quantitative estimate of drug-likeness (QED) is 0.671. The van der Waals surface area contributed by atoms with E-state index in [-0.39, 0.29) is 23.9 Å². The zero-order valence-electron chi connectivity index (χ0n) is 12.4. The Hall–Kier alpha value is -2.83. The SMILES string of the molecule is O=C(COC(=O)c1ccoc1)c1c[nH]c(C(=O)N2CCCC2)c1. The number of furan rings is 1. The van der Waals surface area contributed by atoms with Crippen molar-refractivity contribution in [3.8, 4) is 0 Å². The van der Waals surface area contributed by atoms with E-state index in [1.54, 1.807) is 4.90 Å². The van der Waals surface area contributed by atoms with Crippen molar-refractivity contribution in [2.45, 2.75) is 12.8 Å². The fourth-order valence-corrected chi connectivity index (χ4v) is 2.45. The maximum atomic E-state index is 12.2. The number of H-pyrrole nitrogens is 1. The maximum absolute atomic E-state index is 12.2. The molecule has 1 fully saturated rings. The summed E-state index contributed by atoms with van der Waals surface area (Å²) in [5.74, 6) is -1.12. The Kier molecular flexibility index (Phi) is 4.27. The summed E-state index contributed by atoms with van der Waals surface area (Å²) in [6, 6.07) is 2.95. The molecule has 1 saturated heterocycles. The lowest BCUT2D eigenvalue weighted by molar-refractivity contribution is 0.0474. The highest BCUT2D eigenvalue weighted by atomic mass is 16.5. The average molecular weight is 316 g/mol. The lowest BCUT2D eigenvalue weighted by Gasteiger charge is -2.13. The number of esters is 1. The summed E-state index contributed by atoms with van der Waals surface area (Å²) in [6.07, 6.45) is 6.05. The van der Waals surface area contributed by atoms with E-state index in [1.165, 1.54) is 30.9 Å². The number of hydrogen-bond acceptors (Lipinski definition) is 5. The molecule has 3 heterocycles. The highest BCUT2D eigenvalue weighted by molar-refractivity contribution is 6.02. The third-order valence-electron chi connectivity index (χ3n) is 3.72. The predicted octanol–water partition coefficient (Wildman–Crippen LogP) is 1.88. The topological polar surface area (TPSA) is 92.6 Å². The second-order valence-corrected chi connectivity index (χ2v) is 5.31. The Bertz CT molecular complexity index is 711. The van der Waals surface area contributed by atoms with Crippen molar-refractivity contribution < 1.29 is 23.5 Å². The average Bonchev–Trinajstić information content (AvgIpc) is 3.33. The van der Waals surface area contributed by atoms with E-state index in [2.05, 4.69) is 4.98 Å². The Balaban J connectivity index is 1.58. The van der Waals surface area contributed by atoms with Crippen LogP contribution in [0.15, 0.2) is 35.3 Å². The van der Waals surface area contributed by atoms with Gasteiger partial charge < -0.3 is 19.0 Å². The van der Waals surface area contributed by atoms with Crippen molar-refractivity contribution in [1.29, 1.82) is 0 Å². The van der Waals surface area contributed by atoms with Crippen LogP contribution in [0.1, 0.15) is 44.0 Å². The minimum absolute atomic E-state index is 0.114. The van der Waals surface area contributed by atoms with Crippen LogP contribution in [0.4, 0.5) is 0 Å². The molecule has 0 bridgehead atoms. The van der Waals surface area contributed by atoms with Gasteiger partial charge in [0.05, 0.1) is 11.8 Å². The van der Waals surface area contributed by atoms with E-state index in [4.69, 9.17) is 9.15 Å². The lowest BCUT2D eigenvalue weighted by atomic mass is 10.2. The van der Waals surface area contributed by atoms with Crippen molar-refractivity contribution in [3.63, 3.8) is 0 Å². The molecule has 1 aliphatic rings. The van der Waals surface area contributed by atoms with E-state index in [1.807, 2.05) is 0 Å². The molecule has 2 aromatic heterocycles. The minimum atomic E-state index is -0.629. The first-order valence-corrected chi connectivity index (χ1v) is 7.35. The molecule has 1 amide bonds. The smallest absolute Gasteiger partial charge is 0.341 e. The number of carbonyl (C=O) groups is 3. The number of aromatic nitrogens is 1. The number of Topliss-reactive ketones (excluding diaryl/α,β-unsaturated/α-hetero) is 1. The molecule has 0 radical (unpaired) electrons. The van der Waals surface area contributed by atoms with Crippen LogP contribution in [-0.2, 0) is 4.74 Å². The van der Waals surface area contributed by atoms with Gasteiger partial charge in [0.1, 0.15) is 12.0 Å². The normalized spacial score (nSPS) is 14.0. The highest BCUT2D eigenvalue weighted by Crippen LogP contribution is 2.14. The molecule has 0 spiro atoms. The molecule has 7 nitrogen and oxygen atoms in total. The van der Waals surface area contributed by atoms with E-state index < -0.39 is 5.97 Å². The second-order valence-electron chi connectivity index (χ2n) is 5.31. The second kappa shape index (κ2) is 6.51. The van der Waals surface area contributed by atoms with E-state index in [0.717, 1.165) is 25.9 Å². The predicted molar refractivity (Wildman–Crippen MR) is 79.3 cm³/mol. The van der Waals surface area contributed by atoms with Gasteiger partial charge in [-0.05, 0) is 25.0 Å². The van der Waals surface area contributed by atoms with Gasteiger partial charge in [0.2, 0.25) is 5.78 Å². The highest BCUT2D eigenvalue weighted by Gasteiger charge is 2.22. The largest absolute Gasteiger partial charge is 0.472 e. The molecule has 2 aromatic rings. The molecule has 7 heteroatoms. The van der Waals surface area contributed by atoms with Crippen LogP contribution in [-0.4, -0.2) is 47.2 Å². The number of nitrogens with zero attached hydrogens (tertiary/aromatic N) is 1. The number of aromatic amines is 1. The lowest BCUT2D eigenvalue weighted by Crippen LogP contribution is -2.27. The summed E-state index contributed by atoms with van der Waals surface area (Å²) in [7, 11) is 0. The first kappa shape index (κ1) is 15.1. The molecule has 0 unspecified atom stereocenters. The van der Waals surface area contributed by atoms with Crippen LogP contribution < -0.4 is 0 Å². The first-order valence-electron chi connectivity index (χ1n) is 7.35. The number of hydrogen-bond donors (Lipinski definition) is 1. The van der Waals surface area contributed by atoms with Gasteiger partial charge in [-0.15, -0.1) is 0 Å². The van der Waals surface area contributed by atoms with Crippen molar-refractivity contribution >= 4 is 17.7 Å². The summed E-state index contributed by atoms with van der Waals surface area (Å²) in [6.45, 7) is 1.09. The van der Waals surface area contributed by atoms with Crippen LogP contribution in [0.3, 0.4) is 0 Å². The third-order valence-corrected chi connectivity index (χ3v) is 3.72. The van der Waals surface area contributed by atoms with Gasteiger partial charge >= 0.3 is 5.97 Å². The third kappa shape index (κ3) is 3.33. The van der Waals surface area contributed by atoms with Crippen LogP contribution in [0.5, 0.6) is 0 Å². The molecule has 1 N–H and O–H groups in total. The number of ether oxygens (including phenoxy) is 1. The van der Waals surface area contributed by atoms with Gasteiger partial charge in [-0.2, -0.15) is 0 Å². The molecule has 1 aliphatic heterocycles. The first-order chi connectivity index (χ1) is 11.1. The van der Waals surface area contributed by atoms with E-state index >= 15 is 0 Å².